The van der Waals surface area contributed by atoms with Gasteiger partial charge in [-0.2, -0.15) is 0 Å². The zero-order valence-corrected chi connectivity index (χ0v) is 24.4. The molecule has 3 aromatic heterocycles. The monoisotopic (exact) mass is 586 g/mol. The fraction of sp³-hybridized carbons (Fsp3) is 0.382. The van der Waals surface area contributed by atoms with Gasteiger partial charge in [0, 0.05) is 81.3 Å². The van der Waals surface area contributed by atoms with E-state index in [1.807, 2.05) is 24.4 Å². The molecule has 0 saturated carbocycles. The number of amides is 1. The Morgan fingerprint density at radius 2 is 1.95 bits per heavy atom. The summed E-state index contributed by atoms with van der Waals surface area (Å²) in [6.45, 7) is 1.80. The van der Waals surface area contributed by atoms with Crippen molar-refractivity contribution in [3.8, 4) is 11.1 Å². The number of benzene rings is 1. The van der Waals surface area contributed by atoms with Crippen molar-refractivity contribution in [2.45, 2.75) is 50.9 Å². The van der Waals surface area contributed by atoms with Gasteiger partial charge < -0.3 is 19.5 Å². The van der Waals surface area contributed by atoms with Gasteiger partial charge in [0.25, 0.3) is 11.5 Å². The molecule has 8 heteroatoms. The molecule has 4 aromatic rings. The molecule has 0 unspecified atom stereocenters. The Hall–Kier alpha value is -3.59. The average Bonchev–Trinajstić information content (AvgIpc) is 3.40. The number of anilines is 1. The van der Waals surface area contributed by atoms with Crippen molar-refractivity contribution in [1.82, 2.24) is 14.5 Å². The van der Waals surface area contributed by atoms with Crippen molar-refractivity contribution in [2.75, 3.05) is 31.6 Å². The highest BCUT2D eigenvalue weighted by Crippen LogP contribution is 2.40. The van der Waals surface area contributed by atoms with Gasteiger partial charge in [-0.25, -0.2) is 0 Å². The van der Waals surface area contributed by atoms with Crippen LogP contribution in [0, 0.1) is 0 Å². The van der Waals surface area contributed by atoms with Gasteiger partial charge in [0.1, 0.15) is 0 Å². The van der Waals surface area contributed by atoms with E-state index in [0.29, 0.717) is 50.7 Å². The molecule has 0 radical (unpaired) electrons. The van der Waals surface area contributed by atoms with Crippen molar-refractivity contribution in [3.05, 3.63) is 102 Å². The number of hydrogen-bond acceptors (Lipinski definition) is 6. The Bertz CT molecular complexity index is 2000. The summed E-state index contributed by atoms with van der Waals surface area (Å²) in [5, 5.41) is 10.7. The van der Waals surface area contributed by atoms with E-state index >= 15 is 0 Å². The second-order valence-corrected chi connectivity index (χ2v) is 12.4. The molecule has 7 rings (SSSR count). The summed E-state index contributed by atoms with van der Waals surface area (Å²) in [5.41, 5.74) is 5.23. The fourth-order valence-electron chi connectivity index (χ4n) is 6.31. The van der Waals surface area contributed by atoms with Crippen molar-refractivity contribution in [1.29, 1.82) is 0 Å². The van der Waals surface area contributed by atoms with Crippen LogP contribution in [0.3, 0.4) is 0 Å². The summed E-state index contributed by atoms with van der Waals surface area (Å²) >= 11 is 1.03. The van der Waals surface area contributed by atoms with Crippen LogP contribution in [0.2, 0.25) is 0 Å². The number of likely N-dealkylation sites (tertiary alicyclic amines) is 1. The molecule has 1 N–H and O–H groups in total. The third-order valence-corrected chi connectivity index (χ3v) is 9.77. The minimum atomic E-state index is -2.78. The summed E-state index contributed by atoms with van der Waals surface area (Å²) in [7, 11) is 3.77. The second-order valence-electron chi connectivity index (χ2n) is 11.3. The number of pyridine rings is 2. The van der Waals surface area contributed by atoms with Gasteiger partial charge >= 0.3 is 0 Å². The van der Waals surface area contributed by atoms with E-state index in [0.717, 1.165) is 30.1 Å². The number of nitrogens with zero attached hydrogens (tertiary/aromatic N) is 4. The zero-order valence-electron chi connectivity index (χ0n) is 29.6. The van der Waals surface area contributed by atoms with Crippen molar-refractivity contribution < 1.29 is 18.1 Å². The number of carbonyl (C=O) groups excluding carboxylic acids is 1. The lowest BCUT2D eigenvalue weighted by Gasteiger charge is -2.36. The van der Waals surface area contributed by atoms with E-state index in [1.165, 1.54) is 10.1 Å². The first-order valence-corrected chi connectivity index (χ1v) is 15.0. The number of thiophene rings is 1. The van der Waals surface area contributed by atoms with Gasteiger partial charge in [-0.05, 0) is 85.0 Å². The number of aryl methyl sites for hydroxylation is 2. The highest BCUT2D eigenvalue weighted by atomic mass is 32.1. The Labute approximate surface area is 258 Å². The highest BCUT2D eigenvalue weighted by Gasteiger charge is 2.33. The lowest BCUT2D eigenvalue weighted by molar-refractivity contribution is 0.0984. The minimum Gasteiger partial charge on any atom is -0.392 e. The van der Waals surface area contributed by atoms with Crippen LogP contribution in [0.25, 0.3) is 11.1 Å². The third-order valence-electron chi connectivity index (χ3n) is 8.55. The second kappa shape index (κ2) is 10.9. The number of aromatic nitrogens is 2. The molecule has 0 spiro atoms. The lowest BCUT2D eigenvalue weighted by atomic mass is 9.91. The van der Waals surface area contributed by atoms with Gasteiger partial charge in [0.15, 0.2) is 0 Å². The van der Waals surface area contributed by atoms with Gasteiger partial charge in [-0.15, -0.1) is 11.3 Å². The number of aliphatic hydroxyl groups is 1. The van der Waals surface area contributed by atoms with Crippen LogP contribution in [-0.4, -0.2) is 52.1 Å². The first kappa shape index (κ1) is 21.2. The molecule has 1 saturated heterocycles. The normalized spacial score (nSPS) is 22.9. The number of hydrogen-bond donors (Lipinski definition) is 1. The molecule has 2 aliphatic heterocycles. The predicted octanol–water partition coefficient (Wildman–Crippen LogP) is 4.70. The van der Waals surface area contributed by atoms with Crippen LogP contribution in [0.15, 0.2) is 53.6 Å². The molecule has 42 heavy (non-hydrogen) atoms. The zero-order chi connectivity index (χ0) is 34.3. The van der Waals surface area contributed by atoms with Crippen molar-refractivity contribution in [3.63, 3.8) is 0 Å². The van der Waals surface area contributed by atoms with E-state index in [1.54, 1.807) is 30.3 Å². The number of carbonyl (C=O) groups is 1. The van der Waals surface area contributed by atoms with Gasteiger partial charge in [0.2, 0.25) is 0 Å². The molecule has 1 fully saturated rings. The Balaban J connectivity index is 1.22. The van der Waals surface area contributed by atoms with Crippen LogP contribution in [0.5, 0.6) is 0 Å². The molecular weight excluding hydrogens is 544 g/mol. The largest absolute Gasteiger partial charge is 0.392 e. The first-order valence-electron chi connectivity index (χ1n) is 17.2. The van der Waals surface area contributed by atoms with Gasteiger partial charge in [-0.1, -0.05) is 18.2 Å². The molecule has 216 valence electrons. The minimum absolute atomic E-state index is 0.101. The number of fused-ring (bicyclic) bond motifs is 3. The predicted molar refractivity (Wildman–Crippen MR) is 167 cm³/mol. The smallest absolute Gasteiger partial charge is 0.268 e. The SMILES string of the molecule is [2H]C1([2H])Cc2sc3c(c2C([2H])([2H])C1([2H])[2H])CCN(c1cccc(-c2cc(Cc4ccc(C5CN(C)C5)cn4)c(=O)n(C)c2)c1CO)C3=O. The summed E-state index contributed by atoms with van der Waals surface area (Å²) < 4.78 is 51.9. The van der Waals surface area contributed by atoms with Gasteiger partial charge in [-0.3, -0.25) is 14.6 Å². The Kier molecular flexibility index (Phi) is 5.50. The molecule has 0 bridgehead atoms. The fourth-order valence-corrected chi connectivity index (χ4v) is 7.50. The van der Waals surface area contributed by atoms with Gasteiger partial charge in [0.05, 0.1) is 17.2 Å². The van der Waals surface area contributed by atoms with Crippen LogP contribution in [0.1, 0.15) is 74.9 Å². The molecule has 7 nitrogen and oxygen atoms in total. The highest BCUT2D eigenvalue weighted by molar-refractivity contribution is 7.14. The van der Waals surface area contributed by atoms with Crippen molar-refractivity contribution >= 4 is 22.9 Å². The van der Waals surface area contributed by atoms with E-state index in [9.17, 15) is 14.7 Å². The average molecular weight is 587 g/mol. The van der Waals surface area contributed by atoms with Crippen LogP contribution in [0.4, 0.5) is 5.69 Å². The van der Waals surface area contributed by atoms with E-state index in [2.05, 4.69) is 23.0 Å². The van der Waals surface area contributed by atoms with Crippen LogP contribution >= 0.6 is 11.3 Å². The topological polar surface area (TPSA) is 78.7 Å². The maximum atomic E-state index is 14.0. The third kappa shape index (κ3) is 4.71. The molecule has 1 amide bonds. The van der Waals surface area contributed by atoms with E-state index in [4.69, 9.17) is 8.22 Å². The van der Waals surface area contributed by atoms with E-state index in [-0.39, 0.29) is 42.0 Å². The van der Waals surface area contributed by atoms with Crippen molar-refractivity contribution in [2.24, 2.45) is 7.05 Å². The number of rotatable bonds is 6. The summed E-state index contributed by atoms with van der Waals surface area (Å²) in [4.78, 5) is 36.3. The van der Waals surface area contributed by atoms with E-state index < -0.39 is 25.0 Å². The van der Waals surface area contributed by atoms with Crippen LogP contribution in [-0.2, 0) is 39.3 Å². The Morgan fingerprint density at radius 3 is 2.71 bits per heavy atom. The Morgan fingerprint density at radius 1 is 1.10 bits per heavy atom. The molecular formula is C34H36N4O3S. The standard InChI is InChI=1S/C34H36N4O3S/c1-36-17-24(18-36)21-10-11-25(35-16-21)15-22-14-23(19-37(2)33(22)40)26-7-5-8-30(29(26)20-39)38-13-12-28-27-6-3-4-9-31(27)42-32(28)34(38)41/h5,7-8,10-11,14,16,19,24,39H,3-4,6,9,12-13,15,17-18,20H2,1-2H3/i3D2,4D2,6D2. The number of aliphatic hydroxyl groups excluding tert-OH is 1. The maximum absolute atomic E-state index is 14.0. The summed E-state index contributed by atoms with van der Waals surface area (Å²) in [5.74, 6) is 0.0740. The number of likely N-dealkylation sites (N-methyl/N-ethyl adjacent to an activating group) is 1. The maximum Gasteiger partial charge on any atom is 0.268 e. The van der Waals surface area contributed by atoms with Crippen LogP contribution < -0.4 is 10.5 Å². The molecule has 1 aliphatic carbocycles. The first-order chi connectivity index (χ1) is 22.6. The molecule has 5 heterocycles. The molecule has 0 atom stereocenters. The lowest BCUT2D eigenvalue weighted by Crippen LogP contribution is -2.41. The summed E-state index contributed by atoms with van der Waals surface area (Å²) in [6.07, 6.45) is -3.96. The summed E-state index contributed by atoms with van der Waals surface area (Å²) in [6, 6.07) is 11.2. The molecule has 1 aromatic carbocycles. The quantitative estimate of drug-likeness (QED) is 0.354. The molecule has 3 aliphatic rings.